The van der Waals surface area contributed by atoms with Crippen molar-refractivity contribution in [1.29, 1.82) is 0 Å². The highest BCUT2D eigenvalue weighted by Crippen LogP contribution is 2.55. The fourth-order valence-corrected chi connectivity index (χ4v) is 3.83. The summed E-state index contributed by atoms with van der Waals surface area (Å²) in [5.74, 6) is -0.851. The van der Waals surface area contributed by atoms with Crippen molar-refractivity contribution in [2.75, 3.05) is 13.2 Å². The van der Waals surface area contributed by atoms with Crippen molar-refractivity contribution in [2.45, 2.75) is 39.5 Å². The predicted molar refractivity (Wildman–Crippen MR) is 88.6 cm³/mol. The second-order valence-corrected chi connectivity index (χ2v) is 6.03. The van der Waals surface area contributed by atoms with Gasteiger partial charge >= 0.3 is 11.9 Å². The maximum atomic E-state index is 12.8. The second-order valence-electron chi connectivity index (χ2n) is 6.03. The molecule has 0 amide bonds. The summed E-state index contributed by atoms with van der Waals surface area (Å²) in [5, 5.41) is 0. The molecule has 0 spiro atoms. The Morgan fingerprint density at radius 3 is 2.52 bits per heavy atom. The first-order chi connectivity index (χ1) is 11.1. The predicted octanol–water partition coefficient (Wildman–Crippen LogP) is 3.59. The van der Waals surface area contributed by atoms with Crippen LogP contribution in [0.1, 0.15) is 39.5 Å². The molecule has 0 heterocycles. The third kappa shape index (κ3) is 3.12. The minimum Gasteiger partial charge on any atom is -0.465 e. The van der Waals surface area contributed by atoms with Crippen molar-refractivity contribution in [1.82, 2.24) is 0 Å². The van der Waals surface area contributed by atoms with Gasteiger partial charge in [0.2, 0.25) is 0 Å². The molecular weight excluding hydrogens is 292 g/mol. The normalized spacial score (nSPS) is 26.6. The van der Waals surface area contributed by atoms with E-state index in [1.807, 2.05) is 6.08 Å². The largest absolute Gasteiger partial charge is 0.465 e. The van der Waals surface area contributed by atoms with Crippen molar-refractivity contribution >= 4 is 11.9 Å². The Morgan fingerprint density at radius 2 is 1.96 bits per heavy atom. The van der Waals surface area contributed by atoms with Crippen molar-refractivity contribution < 1.29 is 19.1 Å². The third-order valence-corrected chi connectivity index (χ3v) is 4.79. The number of rotatable bonds is 6. The van der Waals surface area contributed by atoms with Gasteiger partial charge in [-0.2, -0.15) is 0 Å². The highest BCUT2D eigenvalue weighted by atomic mass is 16.6. The van der Waals surface area contributed by atoms with Gasteiger partial charge in [-0.25, -0.2) is 0 Å². The average Bonchev–Trinajstić information content (AvgIpc) is 2.89. The van der Waals surface area contributed by atoms with E-state index < -0.39 is 17.4 Å². The zero-order valence-electron chi connectivity index (χ0n) is 14.0. The van der Waals surface area contributed by atoms with Crippen LogP contribution in [-0.2, 0) is 19.1 Å². The molecule has 1 saturated carbocycles. The van der Waals surface area contributed by atoms with E-state index in [2.05, 4.69) is 24.8 Å². The lowest BCUT2D eigenvalue weighted by atomic mass is 9.71. The van der Waals surface area contributed by atoms with Gasteiger partial charge in [0.05, 0.1) is 13.2 Å². The first-order valence-corrected chi connectivity index (χ1v) is 8.42. The molecule has 2 unspecified atom stereocenters. The van der Waals surface area contributed by atoms with Crippen LogP contribution in [0, 0.1) is 17.3 Å². The molecule has 0 N–H and O–H groups in total. The molecule has 0 aromatic carbocycles. The van der Waals surface area contributed by atoms with Crippen molar-refractivity contribution in [2.24, 2.45) is 17.3 Å². The van der Waals surface area contributed by atoms with Gasteiger partial charge in [0, 0.05) is 5.92 Å². The van der Waals surface area contributed by atoms with E-state index in [0.29, 0.717) is 6.42 Å². The Bertz CT molecular complexity index is 511. The average molecular weight is 318 g/mol. The van der Waals surface area contributed by atoms with Crippen LogP contribution in [0.5, 0.6) is 0 Å². The lowest BCUT2D eigenvalue weighted by Gasteiger charge is -2.33. The molecule has 1 fully saturated rings. The third-order valence-electron chi connectivity index (χ3n) is 4.79. The zero-order chi connectivity index (χ0) is 16.9. The van der Waals surface area contributed by atoms with Crippen LogP contribution in [0.25, 0.3) is 0 Å². The molecule has 0 aromatic heterocycles. The SMILES string of the molecule is C=CC/C=C1/CC(C(=O)OCC)(C(=O)OCC)C2CCC=CC12. The Morgan fingerprint density at radius 1 is 1.30 bits per heavy atom. The van der Waals surface area contributed by atoms with Crippen molar-refractivity contribution in [3.05, 3.63) is 36.5 Å². The molecular formula is C19H26O4. The number of hydrogen-bond acceptors (Lipinski definition) is 4. The monoisotopic (exact) mass is 318 g/mol. The molecule has 4 nitrogen and oxygen atoms in total. The topological polar surface area (TPSA) is 52.6 Å². The van der Waals surface area contributed by atoms with Crippen LogP contribution in [0.4, 0.5) is 0 Å². The standard InChI is InChI=1S/C19H26O4/c1-4-7-10-14-13-19(17(20)22-5-2,18(21)23-6-3)16-12-9-8-11-15(14)16/h4,8,10-11,15-16H,1,5-7,9,12-13H2,2-3H3/b14-10-. The van der Waals surface area contributed by atoms with Crippen LogP contribution in [0.3, 0.4) is 0 Å². The van der Waals surface area contributed by atoms with Gasteiger partial charge in [-0.15, -0.1) is 6.58 Å². The molecule has 2 rings (SSSR count). The van der Waals surface area contributed by atoms with Gasteiger partial charge in [0.15, 0.2) is 5.41 Å². The van der Waals surface area contributed by atoms with Crippen LogP contribution >= 0.6 is 0 Å². The van der Waals surface area contributed by atoms with E-state index in [1.165, 1.54) is 0 Å². The van der Waals surface area contributed by atoms with Gasteiger partial charge in [-0.05, 0) is 45.4 Å². The Labute approximate surface area is 138 Å². The summed E-state index contributed by atoms with van der Waals surface area (Å²) in [4.78, 5) is 25.5. The van der Waals surface area contributed by atoms with Gasteiger partial charge in [0.25, 0.3) is 0 Å². The van der Waals surface area contributed by atoms with E-state index in [4.69, 9.17) is 9.47 Å². The van der Waals surface area contributed by atoms with Crippen molar-refractivity contribution in [3.63, 3.8) is 0 Å². The fraction of sp³-hybridized carbons (Fsp3) is 0.579. The smallest absolute Gasteiger partial charge is 0.324 e. The summed E-state index contributed by atoms with van der Waals surface area (Å²) in [7, 11) is 0. The quantitative estimate of drug-likeness (QED) is 0.427. The van der Waals surface area contributed by atoms with Crippen LogP contribution < -0.4 is 0 Å². The summed E-state index contributed by atoms with van der Waals surface area (Å²) in [6, 6.07) is 0. The number of esters is 2. The molecule has 126 valence electrons. The molecule has 23 heavy (non-hydrogen) atoms. The second kappa shape index (κ2) is 7.62. The molecule has 0 bridgehead atoms. The summed E-state index contributed by atoms with van der Waals surface area (Å²) >= 11 is 0. The molecule has 4 heteroatoms. The number of carbonyl (C=O) groups is 2. The number of fused-ring (bicyclic) bond motifs is 1. The van der Waals surface area contributed by atoms with Crippen LogP contribution in [-0.4, -0.2) is 25.2 Å². The Kier molecular flexibility index (Phi) is 5.80. The molecule has 0 saturated heterocycles. The minimum atomic E-state index is -1.20. The van der Waals surface area contributed by atoms with Gasteiger partial charge in [-0.1, -0.05) is 29.9 Å². The van der Waals surface area contributed by atoms with E-state index in [1.54, 1.807) is 13.8 Å². The van der Waals surface area contributed by atoms with E-state index in [0.717, 1.165) is 24.8 Å². The van der Waals surface area contributed by atoms with Gasteiger partial charge in [0.1, 0.15) is 0 Å². The Balaban J connectivity index is 2.47. The molecule has 2 aliphatic rings. The van der Waals surface area contributed by atoms with Gasteiger partial charge < -0.3 is 9.47 Å². The molecule has 0 radical (unpaired) electrons. The lowest BCUT2D eigenvalue weighted by molar-refractivity contribution is -0.175. The summed E-state index contributed by atoms with van der Waals surface area (Å²) in [6.07, 6.45) is 11.0. The summed E-state index contributed by atoms with van der Waals surface area (Å²) in [6.45, 7) is 7.80. The van der Waals surface area contributed by atoms with Gasteiger partial charge in [-0.3, -0.25) is 9.59 Å². The summed E-state index contributed by atoms with van der Waals surface area (Å²) in [5.41, 5.74) is -0.0824. The highest BCUT2D eigenvalue weighted by molar-refractivity contribution is 6.01. The fourth-order valence-electron chi connectivity index (χ4n) is 3.83. The number of allylic oxidation sites excluding steroid dienone is 5. The van der Waals surface area contributed by atoms with E-state index in [-0.39, 0.29) is 25.0 Å². The van der Waals surface area contributed by atoms with Crippen molar-refractivity contribution in [3.8, 4) is 0 Å². The number of hydrogen-bond donors (Lipinski definition) is 0. The lowest BCUT2D eigenvalue weighted by Crippen LogP contribution is -2.46. The molecule has 2 aliphatic carbocycles. The molecule has 2 atom stereocenters. The molecule has 0 aromatic rings. The first-order valence-electron chi connectivity index (χ1n) is 8.42. The molecule has 0 aliphatic heterocycles. The summed E-state index contributed by atoms with van der Waals surface area (Å²) < 4.78 is 10.6. The minimum absolute atomic E-state index is 0.0818. The van der Waals surface area contributed by atoms with Crippen LogP contribution in [0.2, 0.25) is 0 Å². The maximum Gasteiger partial charge on any atom is 0.324 e. The maximum absolute atomic E-state index is 12.8. The van der Waals surface area contributed by atoms with Crippen LogP contribution in [0.15, 0.2) is 36.5 Å². The number of ether oxygens (including phenoxy) is 2. The first kappa shape index (κ1) is 17.5. The highest BCUT2D eigenvalue weighted by Gasteiger charge is 2.61. The number of carbonyl (C=O) groups excluding carboxylic acids is 2. The zero-order valence-corrected chi connectivity index (χ0v) is 14.0. The Hall–Kier alpha value is -1.84. The van der Waals surface area contributed by atoms with E-state index in [9.17, 15) is 9.59 Å². The van der Waals surface area contributed by atoms with E-state index >= 15 is 0 Å².